The van der Waals surface area contributed by atoms with Crippen molar-refractivity contribution in [3.63, 3.8) is 0 Å². The van der Waals surface area contributed by atoms with E-state index in [4.69, 9.17) is 14.2 Å². The molecule has 1 N–H and O–H groups in total. The maximum atomic E-state index is 11.5. The van der Waals surface area contributed by atoms with Crippen LogP contribution in [0.15, 0.2) is 12.4 Å². The topological polar surface area (TPSA) is 136 Å². The average Bonchev–Trinajstić information content (AvgIpc) is 3.52. The van der Waals surface area contributed by atoms with E-state index in [2.05, 4.69) is 29.5 Å². The summed E-state index contributed by atoms with van der Waals surface area (Å²) in [5.74, 6) is 1.67. The Morgan fingerprint density at radius 2 is 1.86 bits per heavy atom. The molecule has 3 heterocycles. The normalized spacial score (nSPS) is 27.6. The molecule has 1 aliphatic carbocycles. The Balaban J connectivity index is 1.77. The van der Waals surface area contributed by atoms with Crippen LogP contribution < -0.4 is 4.72 Å². The van der Waals surface area contributed by atoms with E-state index in [0.717, 1.165) is 43.5 Å². The van der Waals surface area contributed by atoms with E-state index in [-0.39, 0.29) is 30.3 Å². The number of rotatable bonds is 10. The fourth-order valence-corrected chi connectivity index (χ4v) is 5.73. The maximum absolute atomic E-state index is 11.5. The van der Waals surface area contributed by atoms with Crippen molar-refractivity contribution in [2.75, 3.05) is 20.8 Å². The summed E-state index contributed by atoms with van der Waals surface area (Å²) < 4.78 is 45.5. The predicted molar refractivity (Wildman–Crippen MR) is 127 cm³/mol. The first kappa shape index (κ1) is 26.2. The summed E-state index contributed by atoms with van der Waals surface area (Å²) in [4.78, 5) is 9.02. The lowest BCUT2D eigenvalue weighted by Gasteiger charge is -2.39. The summed E-state index contributed by atoms with van der Waals surface area (Å²) in [5, 5.41) is 9.19. The Morgan fingerprint density at radius 1 is 1.17 bits per heavy atom. The Labute approximate surface area is 208 Å². The van der Waals surface area contributed by atoms with Gasteiger partial charge >= 0.3 is 0 Å². The number of methoxy groups -OCH3 is 2. The molecule has 0 amide bonds. The van der Waals surface area contributed by atoms with Gasteiger partial charge in [0, 0.05) is 62.9 Å². The van der Waals surface area contributed by atoms with Crippen molar-refractivity contribution in [1.82, 2.24) is 29.5 Å². The minimum absolute atomic E-state index is 0.0672. The third-order valence-electron chi connectivity index (χ3n) is 7.07. The van der Waals surface area contributed by atoms with E-state index in [0.29, 0.717) is 24.7 Å². The van der Waals surface area contributed by atoms with Crippen LogP contribution in [0, 0.1) is 6.92 Å². The fraction of sp³-hybridized carbons (Fsp3) is 0.739. The summed E-state index contributed by atoms with van der Waals surface area (Å²) in [7, 11) is 3.45. The quantitative estimate of drug-likeness (QED) is 0.479. The SMILES string of the molecule is CO[C@H]1CCC[C@@H](OC)C1n1c(C[C@@H](c2ncc(C)cn2)[C@@H](C)NS(=O)[O-])nnc1[C@@H]1CCCO1. The number of hydrogen-bond acceptors (Lipinski definition) is 9. The van der Waals surface area contributed by atoms with Crippen molar-refractivity contribution < 1.29 is 23.0 Å². The smallest absolute Gasteiger partial charge is 0.162 e. The standard InChI is InChI=1S/C23H36N6O5S/c1-14-12-24-22(25-13-14)16(15(2)28-35(30)31)11-20-26-27-23(19-9-6-10-34-19)29(20)21-17(32-3)7-5-8-18(21)33-4/h12-13,15-19,21,28H,5-11H2,1-4H3,(H,30,31)/p-1/t15-,16-,17-,18+,19+,21?/m1/s1. The highest BCUT2D eigenvalue weighted by atomic mass is 32.2. The lowest BCUT2D eigenvalue weighted by molar-refractivity contribution is -0.0598. The molecule has 1 saturated heterocycles. The molecule has 35 heavy (non-hydrogen) atoms. The van der Waals surface area contributed by atoms with Gasteiger partial charge in [0.25, 0.3) is 0 Å². The summed E-state index contributed by atoms with van der Waals surface area (Å²) in [6.45, 7) is 4.41. The molecule has 0 aromatic carbocycles. The highest BCUT2D eigenvalue weighted by molar-refractivity contribution is 7.77. The van der Waals surface area contributed by atoms with Crippen LogP contribution >= 0.6 is 0 Å². The molecule has 0 radical (unpaired) electrons. The van der Waals surface area contributed by atoms with Crippen LogP contribution in [0.2, 0.25) is 0 Å². The summed E-state index contributed by atoms with van der Waals surface area (Å²) >= 11 is -2.43. The second-order valence-electron chi connectivity index (χ2n) is 9.39. The van der Waals surface area contributed by atoms with Gasteiger partial charge in [0.2, 0.25) is 0 Å². The Morgan fingerprint density at radius 3 is 2.43 bits per heavy atom. The Kier molecular flexibility index (Phi) is 8.95. The van der Waals surface area contributed by atoms with Gasteiger partial charge in [0.1, 0.15) is 17.8 Å². The summed E-state index contributed by atoms with van der Waals surface area (Å²) in [6.07, 6.45) is 8.24. The van der Waals surface area contributed by atoms with Crippen molar-refractivity contribution in [2.24, 2.45) is 0 Å². The molecule has 2 aliphatic rings. The van der Waals surface area contributed by atoms with Crippen LogP contribution in [-0.2, 0) is 31.9 Å². The van der Waals surface area contributed by atoms with Gasteiger partial charge in [-0.1, -0.05) is 0 Å². The van der Waals surface area contributed by atoms with E-state index < -0.39 is 17.3 Å². The molecular weight excluding hydrogens is 472 g/mol. The molecule has 0 bridgehead atoms. The third kappa shape index (κ3) is 5.95. The number of nitrogens with zero attached hydrogens (tertiary/aromatic N) is 5. The van der Waals surface area contributed by atoms with Crippen LogP contribution in [0.3, 0.4) is 0 Å². The first-order valence-corrected chi connectivity index (χ1v) is 13.2. The number of aryl methyl sites for hydroxylation is 1. The number of aromatic nitrogens is 5. The second-order valence-corrected chi connectivity index (χ2v) is 10.1. The van der Waals surface area contributed by atoms with E-state index in [1.165, 1.54) is 0 Å². The largest absolute Gasteiger partial charge is 0.760 e. The van der Waals surface area contributed by atoms with Crippen molar-refractivity contribution in [3.8, 4) is 0 Å². The molecule has 1 saturated carbocycles. The van der Waals surface area contributed by atoms with Gasteiger partial charge in [-0.15, -0.1) is 10.2 Å². The number of ether oxygens (including phenoxy) is 3. The minimum atomic E-state index is -2.43. The monoisotopic (exact) mass is 507 g/mol. The van der Waals surface area contributed by atoms with Gasteiger partial charge in [-0.2, -0.15) is 0 Å². The van der Waals surface area contributed by atoms with Crippen LogP contribution in [0.1, 0.15) is 80.1 Å². The van der Waals surface area contributed by atoms with Crippen molar-refractivity contribution in [2.45, 2.75) is 88.7 Å². The van der Waals surface area contributed by atoms with E-state index in [1.807, 2.05) is 13.8 Å². The van der Waals surface area contributed by atoms with E-state index in [9.17, 15) is 8.76 Å². The predicted octanol–water partition coefficient (Wildman–Crippen LogP) is 2.08. The highest BCUT2D eigenvalue weighted by Crippen LogP contribution is 2.38. The van der Waals surface area contributed by atoms with E-state index >= 15 is 0 Å². The Bertz CT molecular complexity index is 971. The highest BCUT2D eigenvalue weighted by Gasteiger charge is 2.40. The average molecular weight is 508 g/mol. The molecule has 2 unspecified atom stereocenters. The lowest BCUT2D eigenvalue weighted by Crippen LogP contribution is -2.42. The summed E-state index contributed by atoms with van der Waals surface area (Å²) in [5.41, 5.74) is 0.928. The van der Waals surface area contributed by atoms with Gasteiger partial charge < -0.3 is 23.3 Å². The van der Waals surface area contributed by atoms with Crippen LogP contribution in [0.25, 0.3) is 0 Å². The number of hydrogen-bond donors (Lipinski definition) is 1. The minimum Gasteiger partial charge on any atom is -0.760 e. The van der Waals surface area contributed by atoms with Crippen LogP contribution in [0.5, 0.6) is 0 Å². The van der Waals surface area contributed by atoms with Gasteiger partial charge in [-0.05, 0) is 51.5 Å². The van der Waals surface area contributed by atoms with Crippen LogP contribution in [-0.4, -0.2) is 72.6 Å². The van der Waals surface area contributed by atoms with Crippen LogP contribution in [0.4, 0.5) is 0 Å². The molecule has 2 aromatic heterocycles. The molecule has 194 valence electrons. The summed E-state index contributed by atoms with van der Waals surface area (Å²) in [6, 6.07) is -0.588. The number of nitrogens with one attached hydrogen (secondary N) is 1. The first-order chi connectivity index (χ1) is 16.9. The molecular formula is C23H35N6O5S-. The molecule has 2 fully saturated rings. The second kappa shape index (κ2) is 11.9. The van der Waals surface area contributed by atoms with Crippen molar-refractivity contribution >= 4 is 11.3 Å². The third-order valence-corrected chi connectivity index (χ3v) is 7.64. The van der Waals surface area contributed by atoms with Gasteiger partial charge in [-0.3, -0.25) is 4.21 Å². The van der Waals surface area contributed by atoms with Crippen molar-refractivity contribution in [1.29, 1.82) is 0 Å². The molecule has 1 aliphatic heterocycles. The maximum Gasteiger partial charge on any atom is 0.162 e. The lowest BCUT2D eigenvalue weighted by atomic mass is 9.88. The molecule has 7 atom stereocenters. The van der Waals surface area contributed by atoms with E-state index in [1.54, 1.807) is 26.6 Å². The Hall–Kier alpha value is -1.83. The zero-order chi connectivity index (χ0) is 24.9. The van der Waals surface area contributed by atoms with Crippen molar-refractivity contribution in [3.05, 3.63) is 35.4 Å². The van der Waals surface area contributed by atoms with Gasteiger partial charge in [-0.25, -0.2) is 14.7 Å². The molecule has 0 spiro atoms. The van der Waals surface area contributed by atoms with Gasteiger partial charge in [0.15, 0.2) is 5.82 Å². The molecule has 12 heteroatoms. The molecule has 2 aromatic rings. The zero-order valence-corrected chi connectivity index (χ0v) is 21.6. The zero-order valence-electron chi connectivity index (χ0n) is 20.8. The molecule has 11 nitrogen and oxygen atoms in total. The first-order valence-electron chi connectivity index (χ1n) is 12.2. The fourth-order valence-electron chi connectivity index (χ4n) is 5.27. The van der Waals surface area contributed by atoms with Gasteiger partial charge in [0.05, 0.1) is 18.2 Å². The molecule has 4 rings (SSSR count).